The number of nitrogens with two attached hydrogens (primary N) is 1. The van der Waals surface area contributed by atoms with Crippen LogP contribution in [0.4, 0.5) is 0 Å². The molecule has 136 valence electrons. The highest BCUT2D eigenvalue weighted by Gasteiger charge is 2.09. The minimum atomic E-state index is -0.151. The number of nitrogens with one attached hydrogen (secondary N) is 2. The highest BCUT2D eigenvalue weighted by molar-refractivity contribution is 5.93. The van der Waals surface area contributed by atoms with Crippen molar-refractivity contribution >= 4 is 12.3 Å². The van der Waals surface area contributed by atoms with Crippen LogP contribution in [-0.2, 0) is 25.9 Å². The van der Waals surface area contributed by atoms with Crippen LogP contribution in [0, 0.1) is 0 Å². The third-order valence-electron chi connectivity index (χ3n) is 2.47. The van der Waals surface area contributed by atoms with Crippen molar-refractivity contribution in [3.8, 4) is 0 Å². The molecule has 24 heavy (non-hydrogen) atoms. The predicted molar refractivity (Wildman–Crippen MR) is 85.2 cm³/mol. The van der Waals surface area contributed by atoms with Gasteiger partial charge in [0.1, 0.15) is 12.2 Å². The lowest BCUT2D eigenvalue weighted by Crippen LogP contribution is -2.81. The molecule has 1 rings (SSSR count). The van der Waals surface area contributed by atoms with E-state index in [-0.39, 0.29) is 11.9 Å². The first-order valence-electron chi connectivity index (χ1n) is 7.47. The minimum absolute atomic E-state index is 0.151. The van der Waals surface area contributed by atoms with Crippen LogP contribution >= 0.6 is 0 Å². The number of carbonyl (C=O) groups excluding carboxylic acids is 2. The van der Waals surface area contributed by atoms with Gasteiger partial charge in [-0.1, -0.05) is 5.64 Å². The third kappa shape index (κ3) is 11.5. The zero-order valence-corrected chi connectivity index (χ0v) is 14.7. The number of aromatic nitrogens is 1. The number of pyridine rings is 1. The van der Waals surface area contributed by atoms with Crippen LogP contribution in [0.1, 0.15) is 24.2 Å². The quantitative estimate of drug-likeness (QED) is 0.207. The lowest BCUT2D eigenvalue weighted by Gasteiger charge is -2.03. The second-order valence-electron chi connectivity index (χ2n) is 4.92. The maximum Gasteiger partial charge on any atom is 0.257 e. The smallest absolute Gasteiger partial charge is 0.257 e. The molecule has 0 aliphatic rings. The number of rotatable bonds is 10. The second-order valence-corrected chi connectivity index (χ2v) is 4.92. The number of nitrogens with zero attached hydrogens (tertiary/aromatic N) is 1. The number of carbonyl (C=O) groups is 2. The van der Waals surface area contributed by atoms with Gasteiger partial charge in [0.25, 0.3) is 12.6 Å². The molecule has 0 fully saturated rings. The number of methoxy groups -OCH3 is 1. The molecule has 1 heterocycles. The van der Waals surface area contributed by atoms with E-state index in [9.17, 15) is 9.59 Å². The van der Waals surface area contributed by atoms with Crippen LogP contribution in [0.5, 0.6) is 0 Å². The fraction of sp³-hybridized carbons (Fsp3) is 0.533. The molecule has 4 N–H and O–H groups in total. The van der Waals surface area contributed by atoms with Gasteiger partial charge in [-0.3, -0.25) is 9.59 Å². The van der Waals surface area contributed by atoms with Gasteiger partial charge in [-0.25, -0.2) is 0 Å². The van der Waals surface area contributed by atoms with Crippen molar-refractivity contribution in [2.45, 2.75) is 26.6 Å². The van der Waals surface area contributed by atoms with E-state index in [2.05, 4.69) is 15.5 Å². The number of hydrogen-bond acceptors (Lipinski definition) is 5. The fourth-order valence-electron chi connectivity index (χ4n) is 1.46. The standard InChI is InChI=1S/C11H18N3O4.C4H9NO/c1-16-9-14-6-3-4-10(8-14)11(15)12-5-7-18-13-17-2;1-4(2)5-3-6/h3-4,6,8H,5,7,9,13H2,1-2H3;3-4H,1-2H3,(H,5,6)/q+1;/p+1. The Morgan fingerprint density at radius 2 is 2.17 bits per heavy atom. The van der Waals surface area contributed by atoms with Crippen LogP contribution in [0.2, 0.25) is 0 Å². The van der Waals surface area contributed by atoms with Gasteiger partial charge in [-0.15, -0.1) is 0 Å². The van der Waals surface area contributed by atoms with E-state index in [0.29, 0.717) is 31.9 Å². The topological polar surface area (TPSA) is 106 Å². The molecule has 1 aromatic rings. The average Bonchev–Trinajstić information content (AvgIpc) is 2.55. The summed E-state index contributed by atoms with van der Waals surface area (Å²) in [5.41, 5.74) is 1.80. The first-order valence-corrected chi connectivity index (χ1v) is 7.47. The summed E-state index contributed by atoms with van der Waals surface area (Å²) >= 11 is 0. The van der Waals surface area contributed by atoms with Crippen LogP contribution in [0.15, 0.2) is 24.5 Å². The first-order chi connectivity index (χ1) is 11.5. The molecule has 0 aromatic carbocycles. The highest BCUT2D eigenvalue weighted by atomic mass is 16.9. The van der Waals surface area contributed by atoms with Crippen molar-refractivity contribution in [2.24, 2.45) is 0 Å². The Kier molecular flexibility index (Phi) is 13.3. The van der Waals surface area contributed by atoms with Gasteiger partial charge in [-0.2, -0.15) is 14.2 Å². The molecule has 0 radical (unpaired) electrons. The molecule has 0 saturated heterocycles. The van der Waals surface area contributed by atoms with Crippen molar-refractivity contribution < 1.29 is 34.2 Å². The first kappa shape index (κ1) is 21.9. The van der Waals surface area contributed by atoms with Crippen molar-refractivity contribution in [3.63, 3.8) is 0 Å². The number of amides is 2. The van der Waals surface area contributed by atoms with Gasteiger partial charge in [0.2, 0.25) is 6.41 Å². The summed E-state index contributed by atoms with van der Waals surface area (Å²) in [6.07, 6.45) is 4.25. The zero-order chi connectivity index (χ0) is 18.2. The summed E-state index contributed by atoms with van der Waals surface area (Å²) in [6.45, 7) is 5.01. The van der Waals surface area contributed by atoms with E-state index in [0.717, 1.165) is 0 Å². The molecule has 0 spiro atoms. The molecule has 0 saturated carbocycles. The summed E-state index contributed by atoms with van der Waals surface area (Å²) in [5.74, 6) is -0.151. The summed E-state index contributed by atoms with van der Waals surface area (Å²) < 4.78 is 6.76. The van der Waals surface area contributed by atoms with Crippen LogP contribution in [0.3, 0.4) is 0 Å². The molecule has 0 bridgehead atoms. The van der Waals surface area contributed by atoms with Crippen LogP contribution < -0.4 is 20.8 Å². The molecule has 0 atom stereocenters. The highest BCUT2D eigenvalue weighted by Crippen LogP contribution is 1.93. The third-order valence-corrected chi connectivity index (χ3v) is 2.47. The minimum Gasteiger partial charge on any atom is -0.357 e. The van der Waals surface area contributed by atoms with E-state index in [1.54, 1.807) is 30.0 Å². The van der Waals surface area contributed by atoms with E-state index in [4.69, 9.17) is 9.57 Å². The Balaban J connectivity index is 0.000000754. The Hall–Kier alpha value is -2.07. The van der Waals surface area contributed by atoms with Gasteiger partial charge in [0, 0.05) is 25.8 Å². The predicted octanol–water partition coefficient (Wildman–Crippen LogP) is -1.49. The Morgan fingerprint density at radius 3 is 2.71 bits per heavy atom. The van der Waals surface area contributed by atoms with Gasteiger partial charge >= 0.3 is 0 Å². The Labute approximate surface area is 142 Å². The summed E-state index contributed by atoms with van der Waals surface area (Å²) in [7, 11) is 3.10. The molecule has 1 aromatic heterocycles. The Bertz CT molecular complexity index is 471. The van der Waals surface area contributed by atoms with E-state index in [1.807, 2.05) is 20.0 Å². The van der Waals surface area contributed by atoms with Crippen molar-refractivity contribution in [1.29, 1.82) is 0 Å². The van der Waals surface area contributed by atoms with Crippen molar-refractivity contribution in [1.82, 2.24) is 10.6 Å². The number of ether oxygens (including phenoxy) is 1. The molecule has 9 heteroatoms. The fourth-order valence-corrected chi connectivity index (χ4v) is 1.46. The van der Waals surface area contributed by atoms with Crippen LogP contribution in [0.25, 0.3) is 0 Å². The van der Waals surface area contributed by atoms with Gasteiger partial charge in [-0.05, 0) is 19.9 Å². The number of quaternary nitrogens is 1. The largest absolute Gasteiger partial charge is 0.357 e. The monoisotopic (exact) mass is 344 g/mol. The van der Waals surface area contributed by atoms with Crippen LogP contribution in [-0.4, -0.2) is 45.7 Å². The van der Waals surface area contributed by atoms with E-state index < -0.39 is 0 Å². The Morgan fingerprint density at radius 1 is 1.42 bits per heavy atom. The average molecular weight is 344 g/mol. The van der Waals surface area contributed by atoms with E-state index >= 15 is 0 Å². The summed E-state index contributed by atoms with van der Waals surface area (Å²) in [6, 6.07) is 3.81. The molecule has 0 aliphatic heterocycles. The second kappa shape index (κ2) is 14.5. The molecule has 9 nitrogen and oxygen atoms in total. The lowest BCUT2D eigenvalue weighted by molar-refractivity contribution is -1.06. The van der Waals surface area contributed by atoms with Crippen molar-refractivity contribution in [3.05, 3.63) is 30.1 Å². The normalized spacial score (nSPS) is 9.88. The molecule has 0 unspecified atom stereocenters. The summed E-state index contributed by atoms with van der Waals surface area (Å²) in [5, 5.41) is 5.26. The van der Waals surface area contributed by atoms with Crippen molar-refractivity contribution in [2.75, 3.05) is 27.4 Å². The molecular weight excluding hydrogens is 316 g/mol. The molecule has 0 aliphatic carbocycles. The maximum atomic E-state index is 11.8. The SMILES string of the molecule is CC(C)NC=O.COC[n+]1cccc(C(=O)NCCO[NH2+]OC)c1. The maximum absolute atomic E-state index is 11.8. The summed E-state index contributed by atoms with van der Waals surface area (Å²) in [4.78, 5) is 30.8. The van der Waals surface area contributed by atoms with Gasteiger partial charge in [0.15, 0.2) is 12.4 Å². The molecule has 2 amide bonds. The molecular formula is C15H28N4O5+2. The van der Waals surface area contributed by atoms with Gasteiger partial charge < -0.3 is 15.4 Å². The van der Waals surface area contributed by atoms with E-state index in [1.165, 1.54) is 12.8 Å². The lowest BCUT2D eigenvalue weighted by atomic mass is 10.2. The zero-order valence-electron chi connectivity index (χ0n) is 14.7. The van der Waals surface area contributed by atoms with Gasteiger partial charge in [0.05, 0.1) is 7.11 Å². The number of hydrogen-bond donors (Lipinski definition) is 3.